The lowest BCUT2D eigenvalue weighted by atomic mass is 9.98. The normalized spacial score (nSPS) is 11.7. The third-order valence-electron chi connectivity index (χ3n) is 3.87. The molecule has 0 bridgehead atoms. The minimum absolute atomic E-state index is 0.409. The Morgan fingerprint density at radius 2 is 1.52 bits per heavy atom. The van der Waals surface area contributed by atoms with Gasteiger partial charge in [0.15, 0.2) is 0 Å². The highest BCUT2D eigenvalue weighted by molar-refractivity contribution is 6.01. The molecule has 0 aliphatic heterocycles. The maximum atomic E-state index is 11.9. The summed E-state index contributed by atoms with van der Waals surface area (Å²) >= 11 is 0. The first-order chi connectivity index (χ1) is 12.2. The largest absolute Gasteiger partial charge is 0.460 e. The molecule has 0 heterocycles. The van der Waals surface area contributed by atoms with Gasteiger partial charge >= 0.3 is 0 Å². The van der Waals surface area contributed by atoms with Crippen LogP contribution in [0.3, 0.4) is 0 Å². The summed E-state index contributed by atoms with van der Waals surface area (Å²) in [4.78, 5) is 11.9. The number of amides is 1. The summed E-state index contributed by atoms with van der Waals surface area (Å²) in [7, 11) is 1.58. The summed E-state index contributed by atoms with van der Waals surface area (Å²) in [6.07, 6.45) is -0.591. The Balaban J connectivity index is 2.07. The zero-order valence-electron chi connectivity index (χ0n) is 13.9. The number of hydrogen-bond donors (Lipinski definition) is 1. The van der Waals surface area contributed by atoms with Gasteiger partial charge in [-0.25, -0.2) is 0 Å². The van der Waals surface area contributed by atoms with Crippen molar-refractivity contribution in [3.8, 4) is 16.9 Å². The number of ether oxygens (including phenoxy) is 2. The predicted octanol–water partition coefficient (Wildman–Crippen LogP) is 4.18. The van der Waals surface area contributed by atoms with E-state index in [1.165, 1.54) is 0 Å². The fourth-order valence-electron chi connectivity index (χ4n) is 2.71. The highest BCUT2D eigenvalue weighted by atomic mass is 16.7. The van der Waals surface area contributed by atoms with Crippen LogP contribution in [0.1, 0.15) is 22.2 Å². The Morgan fingerprint density at radius 3 is 2.12 bits per heavy atom. The number of carbonyl (C=O) groups excluding carboxylic acids is 1. The number of methoxy groups -OCH3 is 1. The lowest BCUT2D eigenvalue weighted by molar-refractivity contribution is -0.0559. The Labute approximate surface area is 146 Å². The molecular weight excluding hydrogens is 314 g/mol. The molecule has 25 heavy (non-hydrogen) atoms. The third-order valence-corrected chi connectivity index (χ3v) is 3.87. The van der Waals surface area contributed by atoms with Crippen molar-refractivity contribution in [3.05, 3.63) is 90.0 Å². The number of primary amides is 1. The molecule has 0 saturated carbocycles. The molecule has 126 valence electrons. The van der Waals surface area contributed by atoms with E-state index in [2.05, 4.69) is 0 Å². The molecule has 0 aliphatic rings. The van der Waals surface area contributed by atoms with Gasteiger partial charge in [-0.1, -0.05) is 66.7 Å². The maximum absolute atomic E-state index is 11.9. The van der Waals surface area contributed by atoms with Crippen molar-refractivity contribution in [2.24, 2.45) is 5.73 Å². The van der Waals surface area contributed by atoms with E-state index in [1.807, 2.05) is 66.7 Å². The van der Waals surface area contributed by atoms with E-state index in [4.69, 9.17) is 15.2 Å². The Bertz CT molecular complexity index is 848. The van der Waals surface area contributed by atoms with E-state index in [1.54, 1.807) is 19.2 Å². The molecular formula is C21H19NO3. The highest BCUT2D eigenvalue weighted by Crippen LogP contribution is 2.36. The number of rotatable bonds is 6. The molecule has 1 unspecified atom stereocenters. The molecule has 1 amide bonds. The number of hydrogen-bond acceptors (Lipinski definition) is 3. The summed E-state index contributed by atoms with van der Waals surface area (Å²) in [5.41, 5.74) is 8.38. The molecule has 0 saturated heterocycles. The molecule has 3 aromatic rings. The first-order valence-corrected chi connectivity index (χ1v) is 7.93. The molecule has 4 nitrogen and oxygen atoms in total. The number of carbonyl (C=O) groups is 1. The average molecular weight is 333 g/mol. The van der Waals surface area contributed by atoms with Crippen LogP contribution in [0.5, 0.6) is 5.75 Å². The van der Waals surface area contributed by atoms with Gasteiger partial charge < -0.3 is 15.2 Å². The zero-order valence-corrected chi connectivity index (χ0v) is 13.9. The minimum Gasteiger partial charge on any atom is -0.460 e. The Morgan fingerprint density at radius 1 is 0.880 bits per heavy atom. The van der Waals surface area contributed by atoms with Gasteiger partial charge in [-0.15, -0.1) is 0 Å². The van der Waals surface area contributed by atoms with Gasteiger partial charge in [0.1, 0.15) is 5.75 Å². The standard InChI is InChI=1S/C21H19NO3/c1-24-21(16-11-6-3-7-12-16)25-18-14-8-13-17(20(22)23)19(18)15-9-4-2-5-10-15/h2-14,21H,1H3,(H2,22,23). The van der Waals surface area contributed by atoms with Crippen molar-refractivity contribution < 1.29 is 14.3 Å². The summed E-state index contributed by atoms with van der Waals surface area (Å²) in [6, 6.07) is 24.4. The quantitative estimate of drug-likeness (QED) is 0.689. The molecule has 1 atom stereocenters. The van der Waals surface area contributed by atoms with Crippen LogP contribution in [-0.4, -0.2) is 13.0 Å². The number of benzene rings is 3. The summed E-state index contributed by atoms with van der Waals surface area (Å²) in [5, 5.41) is 0. The van der Waals surface area contributed by atoms with Crippen molar-refractivity contribution >= 4 is 5.91 Å². The molecule has 4 heteroatoms. The first-order valence-electron chi connectivity index (χ1n) is 7.93. The van der Waals surface area contributed by atoms with E-state index < -0.39 is 12.2 Å². The predicted molar refractivity (Wildman–Crippen MR) is 97.2 cm³/mol. The van der Waals surface area contributed by atoms with Gasteiger partial charge in [0.25, 0.3) is 0 Å². The van der Waals surface area contributed by atoms with E-state index in [9.17, 15) is 4.79 Å². The van der Waals surface area contributed by atoms with Crippen molar-refractivity contribution in [3.63, 3.8) is 0 Å². The molecule has 3 rings (SSSR count). The smallest absolute Gasteiger partial charge is 0.249 e. The molecule has 0 spiro atoms. The second kappa shape index (κ2) is 7.64. The van der Waals surface area contributed by atoms with Gasteiger partial charge in [0.05, 0.1) is 5.56 Å². The number of nitrogens with two attached hydrogens (primary N) is 1. The van der Waals surface area contributed by atoms with Crippen LogP contribution in [-0.2, 0) is 4.74 Å². The van der Waals surface area contributed by atoms with Gasteiger partial charge in [-0.3, -0.25) is 4.79 Å². The molecule has 0 fully saturated rings. The van der Waals surface area contributed by atoms with Crippen LogP contribution >= 0.6 is 0 Å². The highest BCUT2D eigenvalue weighted by Gasteiger charge is 2.19. The van der Waals surface area contributed by atoms with E-state index in [-0.39, 0.29) is 0 Å². The minimum atomic E-state index is -0.591. The SMILES string of the molecule is COC(Oc1cccc(C(N)=O)c1-c1ccccc1)c1ccccc1. The zero-order chi connectivity index (χ0) is 17.6. The van der Waals surface area contributed by atoms with E-state index >= 15 is 0 Å². The fraction of sp³-hybridized carbons (Fsp3) is 0.0952. The summed E-state index contributed by atoms with van der Waals surface area (Å²) in [6.45, 7) is 0. The van der Waals surface area contributed by atoms with E-state index in [0.717, 1.165) is 11.1 Å². The van der Waals surface area contributed by atoms with Crippen molar-refractivity contribution in [2.45, 2.75) is 6.29 Å². The van der Waals surface area contributed by atoms with Crippen LogP contribution in [0.15, 0.2) is 78.9 Å². The average Bonchev–Trinajstić information content (AvgIpc) is 2.67. The Kier molecular flexibility index (Phi) is 5.11. The van der Waals surface area contributed by atoms with Crippen LogP contribution in [0.25, 0.3) is 11.1 Å². The van der Waals surface area contributed by atoms with Crippen molar-refractivity contribution in [1.82, 2.24) is 0 Å². The maximum Gasteiger partial charge on any atom is 0.249 e. The van der Waals surface area contributed by atoms with Crippen LogP contribution in [0.4, 0.5) is 0 Å². The molecule has 0 aliphatic carbocycles. The van der Waals surface area contributed by atoms with E-state index in [0.29, 0.717) is 16.9 Å². The lowest BCUT2D eigenvalue weighted by Gasteiger charge is -2.21. The van der Waals surface area contributed by atoms with Gasteiger partial charge in [-0.05, 0) is 17.7 Å². The monoisotopic (exact) mass is 333 g/mol. The molecule has 0 aromatic heterocycles. The van der Waals surface area contributed by atoms with Crippen LogP contribution < -0.4 is 10.5 Å². The van der Waals surface area contributed by atoms with Crippen LogP contribution in [0.2, 0.25) is 0 Å². The second-order valence-electron chi connectivity index (χ2n) is 5.51. The molecule has 3 aromatic carbocycles. The summed E-state index contributed by atoms with van der Waals surface area (Å²) in [5.74, 6) is 0.0381. The lowest BCUT2D eigenvalue weighted by Crippen LogP contribution is -2.15. The van der Waals surface area contributed by atoms with Gasteiger partial charge in [0, 0.05) is 18.2 Å². The van der Waals surface area contributed by atoms with Crippen molar-refractivity contribution in [2.75, 3.05) is 7.11 Å². The Hall–Kier alpha value is -3.11. The topological polar surface area (TPSA) is 61.6 Å². The van der Waals surface area contributed by atoms with Gasteiger partial charge in [0.2, 0.25) is 12.2 Å². The van der Waals surface area contributed by atoms with Crippen molar-refractivity contribution in [1.29, 1.82) is 0 Å². The second-order valence-corrected chi connectivity index (χ2v) is 5.51. The first kappa shape index (κ1) is 16.7. The summed E-state index contributed by atoms with van der Waals surface area (Å²) < 4.78 is 11.6. The molecule has 0 radical (unpaired) electrons. The third kappa shape index (κ3) is 3.70. The molecule has 2 N–H and O–H groups in total. The van der Waals surface area contributed by atoms with Gasteiger partial charge in [-0.2, -0.15) is 0 Å². The fourth-order valence-corrected chi connectivity index (χ4v) is 2.71. The van der Waals surface area contributed by atoms with Crippen LogP contribution in [0, 0.1) is 0 Å².